The Morgan fingerprint density at radius 2 is 1.94 bits per heavy atom. The van der Waals surface area contributed by atoms with Gasteiger partial charge in [-0.15, -0.1) is 0 Å². The van der Waals surface area contributed by atoms with Gasteiger partial charge in [0.05, 0.1) is 12.2 Å². The van der Waals surface area contributed by atoms with E-state index in [1.165, 1.54) is 10.7 Å². The number of rotatable bonds is 6. The van der Waals surface area contributed by atoms with Crippen molar-refractivity contribution in [3.63, 3.8) is 0 Å². The lowest BCUT2D eigenvalue weighted by atomic mass is 10.1. The molecule has 4 aromatic rings. The zero-order valence-electron chi connectivity index (χ0n) is 17.0. The van der Waals surface area contributed by atoms with E-state index in [1.54, 1.807) is 0 Å². The van der Waals surface area contributed by atoms with Gasteiger partial charge in [-0.25, -0.2) is 13.5 Å². The Bertz CT molecular complexity index is 1280. The number of hydrogen-bond acceptors (Lipinski definition) is 5. The van der Waals surface area contributed by atoms with E-state index < -0.39 is 11.6 Å². The maximum atomic E-state index is 13.7. The molecule has 2 heterocycles. The molecule has 0 saturated carbocycles. The lowest BCUT2D eigenvalue weighted by Gasteiger charge is -2.06. The minimum atomic E-state index is -0.960. The first-order valence-corrected chi connectivity index (χ1v) is 10.3. The summed E-state index contributed by atoms with van der Waals surface area (Å²) in [5.74, 6) is -1.45. The highest BCUT2D eigenvalue weighted by Crippen LogP contribution is 2.28. The Morgan fingerprint density at radius 3 is 2.75 bits per heavy atom. The van der Waals surface area contributed by atoms with Gasteiger partial charge in [0.1, 0.15) is 0 Å². The average Bonchev–Trinajstić information content (AvgIpc) is 3.52. The highest BCUT2D eigenvalue weighted by Gasteiger charge is 2.27. The molecule has 0 radical (unpaired) electrons. The number of nitrogens with zero attached hydrogens (tertiary/aromatic N) is 4. The van der Waals surface area contributed by atoms with E-state index in [0.29, 0.717) is 36.7 Å². The molecule has 0 aliphatic heterocycles. The first-order chi connectivity index (χ1) is 15.6. The van der Waals surface area contributed by atoms with Crippen molar-refractivity contribution in [2.45, 2.75) is 32.2 Å². The van der Waals surface area contributed by atoms with Crippen LogP contribution in [0.2, 0.25) is 0 Å². The molecule has 0 saturated heterocycles. The molecule has 0 atom stereocenters. The van der Waals surface area contributed by atoms with Crippen molar-refractivity contribution in [1.82, 2.24) is 25.2 Å². The Morgan fingerprint density at radius 1 is 1.09 bits per heavy atom. The molecule has 162 valence electrons. The van der Waals surface area contributed by atoms with Gasteiger partial charge in [0.15, 0.2) is 23.2 Å². The minimum Gasteiger partial charge on any atom is -0.342 e. The molecule has 2 aromatic heterocycles. The van der Waals surface area contributed by atoms with Gasteiger partial charge in [-0.3, -0.25) is 4.79 Å². The summed E-state index contributed by atoms with van der Waals surface area (Å²) in [5.41, 5.74) is 3.36. The van der Waals surface area contributed by atoms with Crippen LogP contribution in [0, 0.1) is 11.6 Å². The molecule has 1 amide bonds. The summed E-state index contributed by atoms with van der Waals surface area (Å²) in [4.78, 5) is 17.1. The number of hydrogen-bond donors (Lipinski definition) is 1. The molecule has 1 aliphatic rings. The molecule has 7 nitrogen and oxygen atoms in total. The summed E-state index contributed by atoms with van der Waals surface area (Å²) < 4.78 is 33.8. The predicted octanol–water partition coefficient (Wildman–Crippen LogP) is 3.54. The summed E-state index contributed by atoms with van der Waals surface area (Å²) >= 11 is 0. The molecular weight excluding hydrogens is 416 g/mol. The zero-order chi connectivity index (χ0) is 22.1. The van der Waals surface area contributed by atoms with Crippen LogP contribution in [-0.2, 0) is 25.8 Å². The fourth-order valence-corrected chi connectivity index (χ4v) is 3.90. The van der Waals surface area contributed by atoms with E-state index in [4.69, 9.17) is 4.52 Å². The number of carbonyl (C=O) groups is 1. The number of nitrogens with one attached hydrogen (secondary N) is 1. The lowest BCUT2D eigenvalue weighted by Crippen LogP contribution is -2.24. The van der Waals surface area contributed by atoms with Gasteiger partial charge >= 0.3 is 0 Å². The van der Waals surface area contributed by atoms with Gasteiger partial charge in [-0.1, -0.05) is 35.5 Å². The zero-order valence-corrected chi connectivity index (χ0v) is 17.0. The molecule has 2 aromatic carbocycles. The quantitative estimate of drug-likeness (QED) is 0.501. The maximum absolute atomic E-state index is 13.7. The van der Waals surface area contributed by atoms with Crippen LogP contribution in [0.25, 0.3) is 5.69 Å². The molecule has 5 rings (SSSR count). The normalized spacial score (nSPS) is 12.7. The van der Waals surface area contributed by atoms with Crippen LogP contribution in [0.3, 0.4) is 0 Å². The van der Waals surface area contributed by atoms with E-state index in [2.05, 4.69) is 20.6 Å². The van der Waals surface area contributed by atoms with Crippen LogP contribution in [0.5, 0.6) is 0 Å². The fraction of sp³-hybridized carbons (Fsp3) is 0.217. The third-order valence-corrected chi connectivity index (χ3v) is 5.41. The van der Waals surface area contributed by atoms with Gasteiger partial charge in [-0.05, 0) is 37.0 Å². The largest absolute Gasteiger partial charge is 0.342 e. The molecule has 1 N–H and O–H groups in total. The fourth-order valence-electron chi connectivity index (χ4n) is 3.90. The first-order valence-electron chi connectivity index (χ1n) is 10.3. The lowest BCUT2D eigenvalue weighted by molar-refractivity contribution is 0.0940. The smallest absolute Gasteiger partial charge is 0.272 e. The van der Waals surface area contributed by atoms with E-state index >= 15 is 0 Å². The van der Waals surface area contributed by atoms with Crippen molar-refractivity contribution in [2.24, 2.45) is 0 Å². The SMILES string of the molecule is O=C(NCc1nc(Cc2ccccc2)no1)c1nn(-c2ccc(F)c(F)c2)c2c1CCC2. The molecule has 0 fully saturated rings. The van der Waals surface area contributed by atoms with Gasteiger partial charge in [0, 0.05) is 23.7 Å². The second-order valence-corrected chi connectivity index (χ2v) is 7.59. The van der Waals surface area contributed by atoms with Crippen LogP contribution in [0.15, 0.2) is 53.1 Å². The van der Waals surface area contributed by atoms with Crippen LogP contribution < -0.4 is 5.32 Å². The van der Waals surface area contributed by atoms with Crippen molar-refractivity contribution < 1.29 is 18.1 Å². The number of halogens is 2. The third-order valence-electron chi connectivity index (χ3n) is 5.41. The molecule has 0 bridgehead atoms. The number of amides is 1. The summed E-state index contributed by atoms with van der Waals surface area (Å²) in [6.45, 7) is 0.0629. The Hall–Kier alpha value is -3.88. The topological polar surface area (TPSA) is 85.8 Å². The summed E-state index contributed by atoms with van der Waals surface area (Å²) in [7, 11) is 0. The Labute approximate surface area is 182 Å². The van der Waals surface area contributed by atoms with Crippen molar-refractivity contribution in [2.75, 3.05) is 0 Å². The van der Waals surface area contributed by atoms with Crippen molar-refractivity contribution in [3.8, 4) is 5.69 Å². The molecular formula is C23H19F2N5O2. The van der Waals surface area contributed by atoms with Crippen molar-refractivity contribution >= 4 is 5.91 Å². The molecule has 32 heavy (non-hydrogen) atoms. The van der Waals surface area contributed by atoms with E-state index in [0.717, 1.165) is 35.4 Å². The number of carbonyl (C=O) groups excluding carboxylic acids is 1. The van der Waals surface area contributed by atoms with Crippen molar-refractivity contribution in [3.05, 3.63) is 94.4 Å². The molecule has 1 aliphatic carbocycles. The summed E-state index contributed by atoms with van der Waals surface area (Å²) in [6, 6.07) is 13.3. The van der Waals surface area contributed by atoms with Gasteiger partial charge < -0.3 is 9.84 Å². The van der Waals surface area contributed by atoms with E-state index in [-0.39, 0.29) is 18.1 Å². The summed E-state index contributed by atoms with van der Waals surface area (Å²) in [5, 5.41) is 11.1. The van der Waals surface area contributed by atoms with Gasteiger partial charge in [-0.2, -0.15) is 10.1 Å². The molecule has 0 unspecified atom stereocenters. The average molecular weight is 435 g/mol. The Balaban J connectivity index is 1.31. The van der Waals surface area contributed by atoms with Gasteiger partial charge in [0.2, 0.25) is 5.89 Å². The standard InChI is InChI=1S/C23H19F2N5O2/c24-17-10-9-15(12-18(17)25)30-19-8-4-7-16(19)22(28-30)23(31)26-13-21-27-20(29-32-21)11-14-5-2-1-3-6-14/h1-3,5-6,9-10,12H,4,7-8,11,13H2,(H,26,31). The molecule has 9 heteroatoms. The first kappa shape index (κ1) is 20.0. The maximum Gasteiger partial charge on any atom is 0.272 e. The number of aromatic nitrogens is 4. The van der Waals surface area contributed by atoms with Crippen molar-refractivity contribution in [1.29, 1.82) is 0 Å². The highest BCUT2D eigenvalue weighted by molar-refractivity contribution is 5.94. The van der Waals surface area contributed by atoms with E-state index in [1.807, 2.05) is 30.3 Å². The Kier molecular flexibility index (Phi) is 5.22. The monoisotopic (exact) mass is 435 g/mol. The van der Waals surface area contributed by atoms with Crippen LogP contribution in [0.4, 0.5) is 8.78 Å². The van der Waals surface area contributed by atoms with E-state index in [9.17, 15) is 13.6 Å². The van der Waals surface area contributed by atoms with Gasteiger partial charge in [0.25, 0.3) is 5.91 Å². The number of fused-ring (bicyclic) bond motifs is 1. The van der Waals surface area contributed by atoms with Crippen LogP contribution >= 0.6 is 0 Å². The number of benzene rings is 2. The molecule has 0 spiro atoms. The summed E-state index contributed by atoms with van der Waals surface area (Å²) in [6.07, 6.45) is 2.80. The second-order valence-electron chi connectivity index (χ2n) is 7.59. The third kappa shape index (κ3) is 3.89. The van der Waals surface area contributed by atoms with Crippen LogP contribution in [-0.4, -0.2) is 25.8 Å². The van der Waals surface area contributed by atoms with Crippen LogP contribution in [0.1, 0.15) is 45.4 Å². The second kappa shape index (κ2) is 8.33. The minimum absolute atomic E-state index is 0.0629. The highest BCUT2D eigenvalue weighted by atomic mass is 19.2. The predicted molar refractivity (Wildman–Crippen MR) is 110 cm³/mol.